The summed E-state index contributed by atoms with van der Waals surface area (Å²) in [6, 6.07) is 0. The molecule has 0 spiro atoms. The second-order valence-corrected chi connectivity index (χ2v) is 5.05. The summed E-state index contributed by atoms with van der Waals surface area (Å²) in [5.74, 6) is 1.07. The quantitative estimate of drug-likeness (QED) is 0.749. The van der Waals surface area contributed by atoms with Gasteiger partial charge >= 0.3 is 0 Å². The Labute approximate surface area is 91.9 Å². The van der Waals surface area contributed by atoms with E-state index in [1.54, 1.807) is 13.4 Å². The Morgan fingerprint density at radius 3 is 2.20 bits per heavy atom. The fourth-order valence-electron chi connectivity index (χ4n) is 1.66. The molecule has 1 heterocycles. The summed E-state index contributed by atoms with van der Waals surface area (Å²) in [6.07, 6.45) is 1.57. The van der Waals surface area contributed by atoms with Crippen LogP contribution in [-0.2, 0) is 5.41 Å². The number of nitrogens with zero attached hydrogens (tertiary/aromatic N) is 2. The molecule has 1 rings (SSSR count). The Hall–Kier alpha value is -1.12. The van der Waals surface area contributed by atoms with Crippen LogP contribution >= 0.6 is 0 Å². The van der Waals surface area contributed by atoms with E-state index in [-0.39, 0.29) is 5.41 Å². The molecule has 0 aliphatic carbocycles. The molecule has 84 valence electrons. The molecule has 1 aromatic rings. The van der Waals surface area contributed by atoms with Crippen molar-refractivity contribution in [3.63, 3.8) is 0 Å². The van der Waals surface area contributed by atoms with Crippen molar-refractivity contribution in [1.82, 2.24) is 9.97 Å². The van der Waals surface area contributed by atoms with E-state index >= 15 is 0 Å². The maximum absolute atomic E-state index is 5.29. The summed E-state index contributed by atoms with van der Waals surface area (Å²) in [6.45, 7) is 10.7. The first kappa shape index (κ1) is 12.0. The van der Waals surface area contributed by atoms with Crippen LogP contribution in [0.3, 0.4) is 0 Å². The van der Waals surface area contributed by atoms with E-state index in [0.29, 0.717) is 11.8 Å². The first-order valence-electron chi connectivity index (χ1n) is 5.27. The van der Waals surface area contributed by atoms with Crippen LogP contribution in [0.4, 0.5) is 0 Å². The highest BCUT2D eigenvalue weighted by atomic mass is 16.5. The van der Waals surface area contributed by atoms with Gasteiger partial charge in [0.25, 0.3) is 0 Å². The number of aromatic nitrogens is 2. The van der Waals surface area contributed by atoms with Crippen molar-refractivity contribution in [2.75, 3.05) is 7.11 Å². The molecule has 0 aliphatic heterocycles. The summed E-state index contributed by atoms with van der Waals surface area (Å²) >= 11 is 0. The van der Waals surface area contributed by atoms with Crippen LogP contribution in [0.5, 0.6) is 5.88 Å². The maximum atomic E-state index is 5.29. The van der Waals surface area contributed by atoms with Gasteiger partial charge in [0, 0.05) is 11.0 Å². The van der Waals surface area contributed by atoms with Crippen LogP contribution in [0.1, 0.15) is 51.8 Å². The van der Waals surface area contributed by atoms with E-state index in [0.717, 1.165) is 11.3 Å². The summed E-state index contributed by atoms with van der Waals surface area (Å²) in [5, 5.41) is 0. The van der Waals surface area contributed by atoms with Crippen LogP contribution < -0.4 is 4.74 Å². The SMILES string of the molecule is COc1ncnc(C(C)(C)C)c1C(C)C. The molecule has 0 aliphatic rings. The third-order valence-electron chi connectivity index (χ3n) is 2.33. The van der Waals surface area contributed by atoms with Crippen molar-refractivity contribution in [3.05, 3.63) is 17.6 Å². The molecule has 3 nitrogen and oxygen atoms in total. The van der Waals surface area contributed by atoms with Gasteiger partial charge in [-0.1, -0.05) is 34.6 Å². The molecule has 0 saturated heterocycles. The Balaban J connectivity index is 3.39. The number of ether oxygens (including phenoxy) is 1. The van der Waals surface area contributed by atoms with Gasteiger partial charge in [0.2, 0.25) is 5.88 Å². The van der Waals surface area contributed by atoms with Crippen molar-refractivity contribution in [3.8, 4) is 5.88 Å². The molecule has 0 unspecified atom stereocenters. The van der Waals surface area contributed by atoms with E-state index < -0.39 is 0 Å². The van der Waals surface area contributed by atoms with E-state index in [1.807, 2.05) is 0 Å². The van der Waals surface area contributed by atoms with Crippen molar-refractivity contribution >= 4 is 0 Å². The minimum atomic E-state index is 0.0236. The van der Waals surface area contributed by atoms with Gasteiger partial charge in [-0.3, -0.25) is 0 Å². The highest BCUT2D eigenvalue weighted by Gasteiger charge is 2.24. The van der Waals surface area contributed by atoms with Crippen LogP contribution in [-0.4, -0.2) is 17.1 Å². The van der Waals surface area contributed by atoms with Gasteiger partial charge in [0.05, 0.1) is 12.8 Å². The van der Waals surface area contributed by atoms with Gasteiger partial charge in [0.1, 0.15) is 6.33 Å². The fraction of sp³-hybridized carbons (Fsp3) is 0.667. The summed E-state index contributed by atoms with van der Waals surface area (Å²) in [4.78, 5) is 8.55. The van der Waals surface area contributed by atoms with Gasteiger partial charge in [-0.2, -0.15) is 0 Å². The Morgan fingerprint density at radius 2 is 1.80 bits per heavy atom. The Bertz CT molecular complexity index is 340. The normalized spacial score (nSPS) is 11.9. The lowest BCUT2D eigenvalue weighted by Gasteiger charge is -2.23. The molecule has 0 bridgehead atoms. The van der Waals surface area contributed by atoms with Gasteiger partial charge in [-0.25, -0.2) is 9.97 Å². The zero-order valence-corrected chi connectivity index (χ0v) is 10.5. The van der Waals surface area contributed by atoms with Crippen LogP contribution in [0.2, 0.25) is 0 Å². The highest BCUT2D eigenvalue weighted by Crippen LogP contribution is 2.33. The topological polar surface area (TPSA) is 35.0 Å². The second-order valence-electron chi connectivity index (χ2n) is 5.05. The lowest BCUT2D eigenvalue weighted by atomic mass is 9.85. The molecule has 3 heteroatoms. The fourth-order valence-corrected chi connectivity index (χ4v) is 1.66. The monoisotopic (exact) mass is 208 g/mol. The predicted molar refractivity (Wildman–Crippen MR) is 61.4 cm³/mol. The molecular formula is C12H20N2O. The predicted octanol–water partition coefficient (Wildman–Crippen LogP) is 2.91. The first-order valence-corrected chi connectivity index (χ1v) is 5.27. The van der Waals surface area contributed by atoms with Crippen LogP contribution in [0, 0.1) is 0 Å². The average molecular weight is 208 g/mol. The van der Waals surface area contributed by atoms with E-state index in [2.05, 4.69) is 44.6 Å². The molecular weight excluding hydrogens is 188 g/mol. The maximum Gasteiger partial charge on any atom is 0.219 e. The van der Waals surface area contributed by atoms with Crippen molar-refractivity contribution in [2.24, 2.45) is 0 Å². The third kappa shape index (κ3) is 2.46. The lowest BCUT2D eigenvalue weighted by Crippen LogP contribution is -2.18. The second kappa shape index (κ2) is 4.17. The molecule has 0 fully saturated rings. The number of hydrogen-bond acceptors (Lipinski definition) is 3. The number of methoxy groups -OCH3 is 1. The van der Waals surface area contributed by atoms with E-state index in [9.17, 15) is 0 Å². The zero-order valence-electron chi connectivity index (χ0n) is 10.5. The largest absolute Gasteiger partial charge is 0.481 e. The van der Waals surface area contributed by atoms with Gasteiger partial charge in [-0.05, 0) is 5.92 Å². The number of hydrogen-bond donors (Lipinski definition) is 0. The van der Waals surface area contributed by atoms with E-state index in [1.165, 1.54) is 0 Å². The lowest BCUT2D eigenvalue weighted by molar-refractivity contribution is 0.383. The van der Waals surface area contributed by atoms with Crippen molar-refractivity contribution < 1.29 is 4.74 Å². The van der Waals surface area contributed by atoms with Crippen LogP contribution in [0.15, 0.2) is 6.33 Å². The first-order chi connectivity index (χ1) is 6.88. The summed E-state index contributed by atoms with van der Waals surface area (Å²) < 4.78 is 5.29. The molecule has 0 saturated carbocycles. The smallest absolute Gasteiger partial charge is 0.219 e. The van der Waals surface area contributed by atoms with Crippen LogP contribution in [0.25, 0.3) is 0 Å². The minimum Gasteiger partial charge on any atom is -0.481 e. The Morgan fingerprint density at radius 1 is 1.20 bits per heavy atom. The molecule has 0 aromatic carbocycles. The average Bonchev–Trinajstić information content (AvgIpc) is 2.15. The Kier molecular flexibility index (Phi) is 3.32. The number of rotatable bonds is 2. The van der Waals surface area contributed by atoms with Crippen molar-refractivity contribution in [2.45, 2.75) is 46.0 Å². The molecule has 0 radical (unpaired) electrons. The molecule has 15 heavy (non-hydrogen) atoms. The third-order valence-corrected chi connectivity index (χ3v) is 2.33. The molecule has 1 aromatic heterocycles. The standard InChI is InChI=1S/C12H20N2O/c1-8(2)9-10(12(3,4)5)13-7-14-11(9)15-6/h7-8H,1-6H3. The van der Waals surface area contributed by atoms with Crippen molar-refractivity contribution in [1.29, 1.82) is 0 Å². The molecule has 0 N–H and O–H groups in total. The molecule has 0 amide bonds. The van der Waals surface area contributed by atoms with Gasteiger partial charge in [-0.15, -0.1) is 0 Å². The zero-order chi connectivity index (χ0) is 11.6. The highest BCUT2D eigenvalue weighted by molar-refractivity contribution is 5.36. The summed E-state index contributed by atoms with van der Waals surface area (Å²) in [5.41, 5.74) is 2.22. The minimum absolute atomic E-state index is 0.0236. The van der Waals surface area contributed by atoms with Gasteiger partial charge in [0.15, 0.2) is 0 Å². The summed E-state index contributed by atoms with van der Waals surface area (Å²) in [7, 11) is 1.65. The van der Waals surface area contributed by atoms with E-state index in [4.69, 9.17) is 4.74 Å². The van der Waals surface area contributed by atoms with Gasteiger partial charge < -0.3 is 4.74 Å². The molecule has 0 atom stereocenters.